The van der Waals surface area contributed by atoms with Gasteiger partial charge in [0.2, 0.25) is 0 Å². The summed E-state index contributed by atoms with van der Waals surface area (Å²) in [6.07, 6.45) is 3.27. The molecule has 10 heavy (non-hydrogen) atoms. The Morgan fingerprint density at radius 2 is 2.30 bits per heavy atom. The quantitative estimate of drug-likeness (QED) is 0.645. The lowest BCUT2D eigenvalue weighted by atomic mass is 10.1. The van der Waals surface area contributed by atoms with Crippen LogP contribution in [-0.4, -0.2) is 4.98 Å². The Hall–Kier alpha value is -0.720. The van der Waals surface area contributed by atoms with Crippen LogP contribution in [0.25, 0.3) is 0 Å². The number of aryl methyl sites for hydroxylation is 1. The van der Waals surface area contributed by atoms with Gasteiger partial charge in [-0.25, -0.2) is 0 Å². The normalized spacial score (nSPS) is 13.5. The van der Waals surface area contributed by atoms with Gasteiger partial charge in [0.1, 0.15) is 0 Å². The zero-order valence-electron chi connectivity index (χ0n) is 6.94. The molecule has 0 bridgehead atoms. The van der Waals surface area contributed by atoms with Crippen LogP contribution >= 0.6 is 0 Å². The third-order valence-electron chi connectivity index (χ3n) is 1.99. The molecule has 0 aliphatic rings. The average Bonchev–Trinajstić information content (AvgIpc) is 2.34. The van der Waals surface area contributed by atoms with Crippen molar-refractivity contribution in [3.63, 3.8) is 0 Å². The van der Waals surface area contributed by atoms with Crippen LogP contribution in [0.2, 0.25) is 0 Å². The molecule has 1 nitrogen and oxygen atoms in total. The van der Waals surface area contributed by atoms with Crippen LogP contribution in [0.15, 0.2) is 12.3 Å². The second-order valence-corrected chi connectivity index (χ2v) is 2.94. The van der Waals surface area contributed by atoms with Gasteiger partial charge in [-0.3, -0.25) is 0 Å². The molecule has 1 aromatic heterocycles. The van der Waals surface area contributed by atoms with Gasteiger partial charge in [0.05, 0.1) is 0 Å². The van der Waals surface area contributed by atoms with Gasteiger partial charge in [0.25, 0.3) is 0 Å². The Kier molecular flexibility index (Phi) is 2.15. The van der Waals surface area contributed by atoms with Crippen LogP contribution in [0.5, 0.6) is 0 Å². The third-order valence-corrected chi connectivity index (χ3v) is 1.99. The first-order valence-corrected chi connectivity index (χ1v) is 3.89. The zero-order chi connectivity index (χ0) is 7.56. The molecular weight excluding hydrogens is 122 g/mol. The Morgan fingerprint density at radius 1 is 1.60 bits per heavy atom. The van der Waals surface area contributed by atoms with Crippen LogP contribution in [0.1, 0.15) is 37.4 Å². The van der Waals surface area contributed by atoms with Crippen LogP contribution in [0, 0.1) is 6.92 Å². The molecule has 1 aromatic rings. The molecule has 0 saturated carbocycles. The highest BCUT2D eigenvalue weighted by molar-refractivity contribution is 5.17. The highest BCUT2D eigenvalue weighted by atomic mass is 14.7. The first-order valence-electron chi connectivity index (χ1n) is 3.89. The summed E-state index contributed by atoms with van der Waals surface area (Å²) in [5.74, 6) is 0.675. The zero-order valence-corrected chi connectivity index (χ0v) is 6.94. The summed E-state index contributed by atoms with van der Waals surface area (Å²) in [7, 11) is 0. The van der Waals surface area contributed by atoms with E-state index in [0.29, 0.717) is 5.92 Å². The predicted molar refractivity (Wildman–Crippen MR) is 44.2 cm³/mol. The molecule has 1 heterocycles. The maximum absolute atomic E-state index is 3.26. The van der Waals surface area contributed by atoms with Crippen molar-refractivity contribution in [1.82, 2.24) is 4.98 Å². The fourth-order valence-corrected chi connectivity index (χ4v) is 1.03. The number of hydrogen-bond donors (Lipinski definition) is 1. The van der Waals surface area contributed by atoms with Crippen LogP contribution < -0.4 is 0 Å². The third kappa shape index (κ3) is 1.41. The number of aromatic amines is 1. The molecule has 1 rings (SSSR count). The standard InChI is InChI=1S/C9H15N/c1-4-8(3)9-5-7(2)6-10-9/h5-6,8,10H,4H2,1-3H3. The van der Waals surface area contributed by atoms with Gasteiger partial charge in [-0.1, -0.05) is 13.8 Å². The highest BCUT2D eigenvalue weighted by Crippen LogP contribution is 2.17. The lowest BCUT2D eigenvalue weighted by Gasteiger charge is -2.03. The van der Waals surface area contributed by atoms with Crippen molar-refractivity contribution in [2.24, 2.45) is 0 Å². The molecule has 56 valence electrons. The van der Waals surface area contributed by atoms with Crippen molar-refractivity contribution in [3.8, 4) is 0 Å². The van der Waals surface area contributed by atoms with E-state index in [1.165, 1.54) is 17.7 Å². The average molecular weight is 137 g/mol. The van der Waals surface area contributed by atoms with E-state index in [9.17, 15) is 0 Å². The van der Waals surface area contributed by atoms with E-state index in [2.05, 4.69) is 38.0 Å². The number of nitrogens with one attached hydrogen (secondary N) is 1. The van der Waals surface area contributed by atoms with E-state index in [0.717, 1.165) is 0 Å². The van der Waals surface area contributed by atoms with Crippen LogP contribution in [0.4, 0.5) is 0 Å². The molecule has 0 aliphatic carbocycles. The smallest absolute Gasteiger partial charge is 0.0178 e. The van der Waals surface area contributed by atoms with E-state index in [4.69, 9.17) is 0 Å². The molecule has 0 fully saturated rings. The lowest BCUT2D eigenvalue weighted by molar-refractivity contribution is 0.713. The molecule has 1 atom stereocenters. The number of H-pyrrole nitrogens is 1. The Morgan fingerprint density at radius 3 is 2.70 bits per heavy atom. The Bertz CT molecular complexity index is 200. The summed E-state index contributed by atoms with van der Waals surface area (Å²) >= 11 is 0. The summed E-state index contributed by atoms with van der Waals surface area (Å²) in [5.41, 5.74) is 2.69. The second-order valence-electron chi connectivity index (χ2n) is 2.94. The molecule has 0 aliphatic heterocycles. The summed E-state index contributed by atoms with van der Waals surface area (Å²) in [6, 6.07) is 2.22. The van der Waals surface area contributed by atoms with Gasteiger partial charge in [0.15, 0.2) is 0 Å². The monoisotopic (exact) mass is 137 g/mol. The number of hydrogen-bond acceptors (Lipinski definition) is 0. The van der Waals surface area contributed by atoms with Crippen LogP contribution in [-0.2, 0) is 0 Å². The first kappa shape index (κ1) is 7.39. The molecule has 0 spiro atoms. The van der Waals surface area contributed by atoms with Crippen LogP contribution in [0.3, 0.4) is 0 Å². The molecular formula is C9H15N. The minimum Gasteiger partial charge on any atom is -0.365 e. The van der Waals surface area contributed by atoms with Crippen molar-refractivity contribution in [2.75, 3.05) is 0 Å². The molecule has 0 radical (unpaired) electrons. The minimum atomic E-state index is 0.675. The molecule has 1 unspecified atom stereocenters. The number of aromatic nitrogens is 1. The summed E-state index contributed by atoms with van der Waals surface area (Å²) in [4.78, 5) is 3.26. The topological polar surface area (TPSA) is 15.8 Å². The molecule has 1 heteroatoms. The van der Waals surface area contributed by atoms with Gasteiger partial charge in [-0.15, -0.1) is 0 Å². The molecule has 0 aromatic carbocycles. The van der Waals surface area contributed by atoms with Gasteiger partial charge in [0, 0.05) is 11.9 Å². The van der Waals surface area contributed by atoms with Gasteiger partial charge in [-0.05, 0) is 30.9 Å². The largest absolute Gasteiger partial charge is 0.365 e. The fraction of sp³-hybridized carbons (Fsp3) is 0.556. The minimum absolute atomic E-state index is 0.675. The SMILES string of the molecule is CCC(C)c1cc(C)c[nH]1. The maximum Gasteiger partial charge on any atom is 0.0178 e. The molecule has 0 saturated heterocycles. The van der Waals surface area contributed by atoms with Crippen molar-refractivity contribution in [2.45, 2.75) is 33.1 Å². The van der Waals surface area contributed by atoms with Gasteiger partial charge < -0.3 is 4.98 Å². The van der Waals surface area contributed by atoms with E-state index in [-0.39, 0.29) is 0 Å². The highest BCUT2D eigenvalue weighted by Gasteiger charge is 2.02. The second kappa shape index (κ2) is 2.91. The van der Waals surface area contributed by atoms with E-state index >= 15 is 0 Å². The van der Waals surface area contributed by atoms with Crippen molar-refractivity contribution in [3.05, 3.63) is 23.5 Å². The maximum atomic E-state index is 3.26. The first-order chi connectivity index (χ1) is 4.74. The summed E-state index contributed by atoms with van der Waals surface area (Å²) < 4.78 is 0. The fourth-order valence-electron chi connectivity index (χ4n) is 1.03. The summed E-state index contributed by atoms with van der Waals surface area (Å²) in [6.45, 7) is 6.56. The van der Waals surface area contributed by atoms with E-state index in [1.54, 1.807) is 0 Å². The Balaban J connectivity index is 2.74. The Labute approximate surface area is 62.5 Å². The number of rotatable bonds is 2. The predicted octanol–water partition coefficient (Wildman–Crippen LogP) is 2.84. The van der Waals surface area contributed by atoms with Crippen molar-refractivity contribution < 1.29 is 0 Å². The lowest BCUT2D eigenvalue weighted by Crippen LogP contribution is -1.89. The van der Waals surface area contributed by atoms with Gasteiger partial charge in [-0.2, -0.15) is 0 Å². The molecule has 0 amide bonds. The van der Waals surface area contributed by atoms with Crippen molar-refractivity contribution in [1.29, 1.82) is 0 Å². The molecule has 1 N–H and O–H groups in total. The van der Waals surface area contributed by atoms with E-state index in [1.807, 2.05) is 0 Å². The van der Waals surface area contributed by atoms with Crippen molar-refractivity contribution >= 4 is 0 Å². The van der Waals surface area contributed by atoms with E-state index < -0.39 is 0 Å². The van der Waals surface area contributed by atoms with Gasteiger partial charge >= 0.3 is 0 Å². The summed E-state index contributed by atoms with van der Waals surface area (Å²) in [5, 5.41) is 0.